The number of nitrogens with zero attached hydrogens (tertiary/aromatic N) is 1. The van der Waals surface area contributed by atoms with Crippen molar-refractivity contribution in [2.24, 2.45) is 0 Å². The SMILES string of the molecule is Cc1ccncc1.Sc1ccccc1. The van der Waals surface area contributed by atoms with Crippen molar-refractivity contribution in [1.29, 1.82) is 0 Å². The second kappa shape index (κ2) is 6.22. The van der Waals surface area contributed by atoms with Crippen LogP contribution in [0.1, 0.15) is 5.56 Å². The molecular weight excluding hydrogens is 190 g/mol. The predicted octanol–water partition coefficient (Wildman–Crippen LogP) is 3.37. The predicted molar refractivity (Wildman–Crippen MR) is 62.7 cm³/mol. The zero-order chi connectivity index (χ0) is 10.2. The van der Waals surface area contributed by atoms with Gasteiger partial charge in [-0.2, -0.15) is 0 Å². The Bertz CT molecular complexity index is 308. The Kier molecular flexibility index (Phi) is 4.79. The first-order valence-electron chi connectivity index (χ1n) is 4.39. The summed E-state index contributed by atoms with van der Waals surface area (Å²) in [4.78, 5) is 4.86. The molecule has 0 atom stereocenters. The number of hydrogen-bond acceptors (Lipinski definition) is 2. The molecule has 72 valence electrons. The van der Waals surface area contributed by atoms with Crippen LogP contribution in [0.25, 0.3) is 0 Å². The molecule has 0 aliphatic rings. The molecule has 2 rings (SSSR count). The van der Waals surface area contributed by atoms with Crippen molar-refractivity contribution in [3.63, 3.8) is 0 Å². The average Bonchev–Trinajstić information content (AvgIpc) is 2.21. The Morgan fingerprint density at radius 1 is 0.929 bits per heavy atom. The average molecular weight is 203 g/mol. The summed E-state index contributed by atoms with van der Waals surface area (Å²) in [5.41, 5.74) is 1.26. The smallest absolute Gasteiger partial charge is 0.0270 e. The fourth-order valence-electron chi connectivity index (χ4n) is 0.854. The zero-order valence-corrected chi connectivity index (χ0v) is 8.99. The van der Waals surface area contributed by atoms with Crippen LogP contribution >= 0.6 is 12.6 Å². The highest BCUT2D eigenvalue weighted by Gasteiger charge is 1.73. The van der Waals surface area contributed by atoms with E-state index in [1.165, 1.54) is 5.56 Å². The fraction of sp³-hybridized carbons (Fsp3) is 0.0833. The van der Waals surface area contributed by atoms with Crippen LogP contribution in [0.15, 0.2) is 59.8 Å². The highest BCUT2D eigenvalue weighted by atomic mass is 32.1. The first-order chi connectivity index (χ1) is 6.79. The normalized spacial score (nSPS) is 8.71. The molecule has 0 aliphatic heterocycles. The Morgan fingerprint density at radius 2 is 1.50 bits per heavy atom. The van der Waals surface area contributed by atoms with E-state index in [2.05, 4.69) is 17.6 Å². The van der Waals surface area contributed by atoms with Crippen molar-refractivity contribution < 1.29 is 0 Å². The summed E-state index contributed by atoms with van der Waals surface area (Å²) in [5, 5.41) is 0. The maximum Gasteiger partial charge on any atom is 0.0270 e. The van der Waals surface area contributed by atoms with E-state index in [0.717, 1.165) is 4.90 Å². The Balaban J connectivity index is 0.000000140. The zero-order valence-electron chi connectivity index (χ0n) is 8.09. The van der Waals surface area contributed by atoms with Crippen molar-refractivity contribution in [3.8, 4) is 0 Å². The Hall–Kier alpha value is -1.28. The van der Waals surface area contributed by atoms with Crippen LogP contribution in [0.2, 0.25) is 0 Å². The number of aryl methyl sites for hydroxylation is 1. The van der Waals surface area contributed by atoms with E-state index in [9.17, 15) is 0 Å². The third-order valence-corrected chi connectivity index (χ3v) is 1.90. The molecule has 2 heteroatoms. The highest BCUT2D eigenvalue weighted by Crippen LogP contribution is 2.00. The molecule has 0 unspecified atom stereocenters. The van der Waals surface area contributed by atoms with Crippen LogP contribution in [0.4, 0.5) is 0 Å². The van der Waals surface area contributed by atoms with Gasteiger partial charge in [-0.3, -0.25) is 4.98 Å². The van der Waals surface area contributed by atoms with E-state index >= 15 is 0 Å². The molecule has 1 aromatic heterocycles. The number of hydrogen-bond donors (Lipinski definition) is 1. The minimum Gasteiger partial charge on any atom is -0.265 e. The molecule has 0 saturated heterocycles. The summed E-state index contributed by atoms with van der Waals surface area (Å²) in [6.07, 6.45) is 3.57. The van der Waals surface area contributed by atoms with E-state index in [4.69, 9.17) is 0 Å². The first-order valence-corrected chi connectivity index (χ1v) is 4.84. The van der Waals surface area contributed by atoms with Crippen molar-refractivity contribution in [1.82, 2.24) is 4.98 Å². The van der Waals surface area contributed by atoms with Crippen LogP contribution in [0.5, 0.6) is 0 Å². The summed E-state index contributed by atoms with van der Waals surface area (Å²) in [7, 11) is 0. The van der Waals surface area contributed by atoms with Crippen molar-refractivity contribution >= 4 is 12.6 Å². The molecule has 14 heavy (non-hydrogen) atoms. The molecule has 1 heterocycles. The van der Waals surface area contributed by atoms with Gasteiger partial charge in [0.1, 0.15) is 0 Å². The topological polar surface area (TPSA) is 12.9 Å². The second-order valence-corrected chi connectivity index (χ2v) is 3.38. The quantitative estimate of drug-likeness (QED) is 0.648. The summed E-state index contributed by atoms with van der Waals surface area (Å²) < 4.78 is 0. The standard InChI is InChI=1S/C6H7N.C6H6S/c1-6-2-4-7-5-3-6;7-6-4-2-1-3-5-6/h2-5H,1H3;1-5,7H. The van der Waals surface area contributed by atoms with Gasteiger partial charge in [0.25, 0.3) is 0 Å². The van der Waals surface area contributed by atoms with E-state index < -0.39 is 0 Å². The second-order valence-electron chi connectivity index (χ2n) is 2.86. The monoisotopic (exact) mass is 203 g/mol. The third-order valence-electron chi connectivity index (χ3n) is 1.60. The molecule has 0 spiro atoms. The van der Waals surface area contributed by atoms with Gasteiger partial charge in [-0.05, 0) is 36.8 Å². The van der Waals surface area contributed by atoms with E-state index in [1.807, 2.05) is 49.4 Å². The van der Waals surface area contributed by atoms with Crippen LogP contribution in [0.3, 0.4) is 0 Å². The molecule has 0 radical (unpaired) electrons. The van der Waals surface area contributed by atoms with Gasteiger partial charge in [0, 0.05) is 17.3 Å². The lowest BCUT2D eigenvalue weighted by Gasteiger charge is -1.82. The summed E-state index contributed by atoms with van der Waals surface area (Å²) in [5.74, 6) is 0. The number of pyridine rings is 1. The van der Waals surface area contributed by atoms with Crippen molar-refractivity contribution in [2.75, 3.05) is 0 Å². The third kappa shape index (κ3) is 4.67. The summed E-state index contributed by atoms with van der Waals surface area (Å²) >= 11 is 4.08. The molecule has 0 amide bonds. The molecule has 0 saturated carbocycles. The largest absolute Gasteiger partial charge is 0.265 e. The maximum absolute atomic E-state index is 4.08. The van der Waals surface area contributed by atoms with Gasteiger partial charge >= 0.3 is 0 Å². The molecule has 0 bridgehead atoms. The number of benzene rings is 1. The van der Waals surface area contributed by atoms with Crippen LogP contribution in [-0.2, 0) is 0 Å². The molecule has 0 N–H and O–H groups in total. The summed E-state index contributed by atoms with van der Waals surface area (Å²) in [6, 6.07) is 13.7. The lowest BCUT2D eigenvalue weighted by molar-refractivity contribution is 1.29. The first kappa shape index (κ1) is 10.8. The van der Waals surface area contributed by atoms with Gasteiger partial charge in [-0.1, -0.05) is 18.2 Å². The van der Waals surface area contributed by atoms with E-state index in [-0.39, 0.29) is 0 Å². The minimum absolute atomic E-state index is 1.02. The molecule has 0 aliphatic carbocycles. The van der Waals surface area contributed by atoms with Gasteiger partial charge in [0.2, 0.25) is 0 Å². The van der Waals surface area contributed by atoms with Crippen LogP contribution in [0, 0.1) is 6.92 Å². The molecule has 2 aromatic rings. The van der Waals surface area contributed by atoms with E-state index in [1.54, 1.807) is 12.4 Å². The summed E-state index contributed by atoms with van der Waals surface area (Å²) in [6.45, 7) is 2.04. The lowest BCUT2D eigenvalue weighted by atomic mass is 10.3. The number of rotatable bonds is 0. The van der Waals surface area contributed by atoms with Crippen molar-refractivity contribution in [3.05, 3.63) is 60.4 Å². The lowest BCUT2D eigenvalue weighted by Crippen LogP contribution is -1.68. The molecule has 1 nitrogen and oxygen atoms in total. The maximum atomic E-state index is 4.08. The fourth-order valence-corrected chi connectivity index (χ4v) is 1.03. The molecule has 1 aromatic carbocycles. The van der Waals surface area contributed by atoms with E-state index in [0.29, 0.717) is 0 Å². The van der Waals surface area contributed by atoms with Crippen LogP contribution in [-0.4, -0.2) is 4.98 Å². The molecule has 0 fully saturated rings. The van der Waals surface area contributed by atoms with Crippen molar-refractivity contribution in [2.45, 2.75) is 11.8 Å². The van der Waals surface area contributed by atoms with Gasteiger partial charge in [-0.15, -0.1) is 12.6 Å². The highest BCUT2D eigenvalue weighted by molar-refractivity contribution is 7.80. The van der Waals surface area contributed by atoms with Gasteiger partial charge in [0.15, 0.2) is 0 Å². The number of aromatic nitrogens is 1. The van der Waals surface area contributed by atoms with Crippen LogP contribution < -0.4 is 0 Å². The van der Waals surface area contributed by atoms with Gasteiger partial charge < -0.3 is 0 Å². The van der Waals surface area contributed by atoms with Gasteiger partial charge in [0.05, 0.1) is 0 Å². The Morgan fingerprint density at radius 3 is 1.79 bits per heavy atom. The molecular formula is C12H13NS. The minimum atomic E-state index is 1.02. The number of thiol groups is 1. The Labute approximate surface area is 90.2 Å². The van der Waals surface area contributed by atoms with Gasteiger partial charge in [-0.25, -0.2) is 0 Å².